The molecule has 0 aliphatic carbocycles. The Balaban J connectivity index is 2.32. The summed E-state index contributed by atoms with van der Waals surface area (Å²) in [7, 11) is 0. The Bertz CT molecular complexity index is 316. The molecule has 6 heteroatoms. The third-order valence-electron chi connectivity index (χ3n) is 1.84. The summed E-state index contributed by atoms with van der Waals surface area (Å²) in [6.07, 6.45) is -2.44. The minimum atomic E-state index is -2.44. The van der Waals surface area contributed by atoms with Gasteiger partial charge in [-0.25, -0.2) is 8.78 Å². The van der Waals surface area contributed by atoms with E-state index in [2.05, 4.69) is 5.32 Å². The second kappa shape index (κ2) is 6.50. The van der Waals surface area contributed by atoms with Crippen molar-refractivity contribution in [2.75, 3.05) is 30.8 Å². The number of ether oxygens (including phenoxy) is 1. The maximum absolute atomic E-state index is 11.7. The molecule has 0 aliphatic rings. The highest BCUT2D eigenvalue weighted by Gasteiger charge is 2.04. The first-order valence-corrected chi connectivity index (χ1v) is 5.13. The second-order valence-electron chi connectivity index (χ2n) is 3.10. The van der Waals surface area contributed by atoms with Crippen LogP contribution in [0.15, 0.2) is 18.2 Å². The third-order valence-corrected chi connectivity index (χ3v) is 2.15. The van der Waals surface area contributed by atoms with Gasteiger partial charge in [0.15, 0.2) is 0 Å². The van der Waals surface area contributed by atoms with E-state index < -0.39 is 13.0 Å². The van der Waals surface area contributed by atoms with Gasteiger partial charge in [-0.15, -0.1) is 0 Å². The first kappa shape index (κ1) is 13.0. The lowest BCUT2D eigenvalue weighted by Gasteiger charge is -2.11. The van der Waals surface area contributed by atoms with Crippen LogP contribution in [-0.2, 0) is 4.74 Å². The van der Waals surface area contributed by atoms with Gasteiger partial charge in [-0.05, 0) is 12.1 Å². The molecular weight excluding hydrogens is 238 g/mol. The van der Waals surface area contributed by atoms with E-state index >= 15 is 0 Å². The topological polar surface area (TPSA) is 47.3 Å². The second-order valence-corrected chi connectivity index (χ2v) is 3.50. The normalized spacial score (nSPS) is 10.8. The van der Waals surface area contributed by atoms with E-state index in [0.717, 1.165) is 0 Å². The molecule has 16 heavy (non-hydrogen) atoms. The van der Waals surface area contributed by atoms with Crippen LogP contribution >= 0.6 is 11.6 Å². The quantitative estimate of drug-likeness (QED) is 0.603. The van der Waals surface area contributed by atoms with Crippen molar-refractivity contribution in [2.45, 2.75) is 6.43 Å². The fraction of sp³-hybridized carbons (Fsp3) is 0.400. The molecule has 0 bridgehead atoms. The number of rotatable bonds is 6. The van der Waals surface area contributed by atoms with Crippen LogP contribution in [-0.4, -0.2) is 26.2 Å². The van der Waals surface area contributed by atoms with Gasteiger partial charge in [0, 0.05) is 6.54 Å². The van der Waals surface area contributed by atoms with Crippen molar-refractivity contribution in [3.8, 4) is 0 Å². The van der Waals surface area contributed by atoms with E-state index in [4.69, 9.17) is 22.1 Å². The fourth-order valence-corrected chi connectivity index (χ4v) is 1.40. The van der Waals surface area contributed by atoms with Crippen molar-refractivity contribution >= 4 is 23.0 Å². The minimum absolute atomic E-state index is 0.176. The smallest absolute Gasteiger partial charge is 0.261 e. The average Bonchev–Trinajstić information content (AvgIpc) is 2.21. The van der Waals surface area contributed by atoms with Crippen LogP contribution in [0.1, 0.15) is 0 Å². The summed E-state index contributed by atoms with van der Waals surface area (Å²) < 4.78 is 28.2. The highest BCUT2D eigenvalue weighted by molar-refractivity contribution is 6.33. The standard InChI is InChI=1S/C10H13ClF2N2O/c11-7-2-1-3-8(14)10(7)15-4-5-16-6-9(12)13/h1-3,9,15H,4-6,14H2. The largest absolute Gasteiger partial charge is 0.397 e. The van der Waals surface area contributed by atoms with Gasteiger partial charge in [-0.1, -0.05) is 17.7 Å². The number of alkyl halides is 2. The number of nitrogens with one attached hydrogen (secondary N) is 1. The van der Waals surface area contributed by atoms with Crippen molar-refractivity contribution < 1.29 is 13.5 Å². The Morgan fingerprint density at radius 1 is 1.44 bits per heavy atom. The lowest BCUT2D eigenvalue weighted by Crippen LogP contribution is -2.14. The molecule has 3 N–H and O–H groups in total. The number of anilines is 2. The molecule has 0 unspecified atom stereocenters. The van der Waals surface area contributed by atoms with E-state index in [9.17, 15) is 8.78 Å². The molecule has 0 aromatic heterocycles. The third kappa shape index (κ3) is 4.20. The molecule has 0 fully saturated rings. The van der Waals surface area contributed by atoms with Gasteiger partial charge >= 0.3 is 0 Å². The predicted octanol–water partition coefficient (Wildman–Crippen LogP) is 2.62. The molecule has 0 saturated carbocycles. The molecular formula is C10H13ClF2N2O. The molecule has 0 heterocycles. The SMILES string of the molecule is Nc1cccc(Cl)c1NCCOCC(F)F. The Labute approximate surface area is 97.5 Å². The van der Waals surface area contributed by atoms with Gasteiger partial charge in [0.2, 0.25) is 0 Å². The zero-order valence-corrected chi connectivity index (χ0v) is 9.31. The van der Waals surface area contributed by atoms with Crippen LogP contribution in [0.5, 0.6) is 0 Å². The van der Waals surface area contributed by atoms with E-state index in [1.807, 2.05) is 0 Å². The fourth-order valence-electron chi connectivity index (χ4n) is 1.15. The van der Waals surface area contributed by atoms with Crippen LogP contribution < -0.4 is 11.1 Å². The van der Waals surface area contributed by atoms with Crippen LogP contribution in [0.3, 0.4) is 0 Å². The van der Waals surface area contributed by atoms with Crippen molar-refractivity contribution in [3.63, 3.8) is 0 Å². The van der Waals surface area contributed by atoms with Crippen molar-refractivity contribution in [3.05, 3.63) is 23.2 Å². The number of nitrogen functional groups attached to an aromatic ring is 1. The summed E-state index contributed by atoms with van der Waals surface area (Å²) in [5, 5.41) is 3.42. The minimum Gasteiger partial charge on any atom is -0.397 e. The van der Waals surface area contributed by atoms with E-state index in [0.29, 0.717) is 22.9 Å². The van der Waals surface area contributed by atoms with Crippen LogP contribution in [0.25, 0.3) is 0 Å². The summed E-state index contributed by atoms with van der Waals surface area (Å²) >= 11 is 5.89. The molecule has 1 aromatic carbocycles. The lowest BCUT2D eigenvalue weighted by atomic mass is 10.2. The molecule has 0 amide bonds. The number of halogens is 3. The van der Waals surface area contributed by atoms with E-state index in [-0.39, 0.29) is 6.61 Å². The summed E-state index contributed by atoms with van der Waals surface area (Å²) in [5.74, 6) is 0. The molecule has 90 valence electrons. The summed E-state index contributed by atoms with van der Waals surface area (Å²) in [6.45, 7) is -0.00462. The van der Waals surface area contributed by atoms with Gasteiger partial charge in [0.05, 0.1) is 23.0 Å². The van der Waals surface area contributed by atoms with Crippen molar-refractivity contribution in [1.29, 1.82) is 0 Å². The van der Waals surface area contributed by atoms with Crippen LogP contribution in [0.2, 0.25) is 5.02 Å². The zero-order valence-electron chi connectivity index (χ0n) is 8.55. The highest BCUT2D eigenvalue weighted by atomic mass is 35.5. The Kier molecular flexibility index (Phi) is 5.28. The van der Waals surface area contributed by atoms with E-state index in [1.54, 1.807) is 18.2 Å². The highest BCUT2D eigenvalue weighted by Crippen LogP contribution is 2.27. The maximum atomic E-state index is 11.7. The summed E-state index contributed by atoms with van der Waals surface area (Å²) in [4.78, 5) is 0. The Hall–Kier alpha value is -1.07. The van der Waals surface area contributed by atoms with Gasteiger partial charge < -0.3 is 15.8 Å². The van der Waals surface area contributed by atoms with Gasteiger partial charge in [-0.3, -0.25) is 0 Å². The first-order chi connectivity index (χ1) is 7.61. The van der Waals surface area contributed by atoms with Gasteiger partial charge in [-0.2, -0.15) is 0 Å². The maximum Gasteiger partial charge on any atom is 0.261 e. The molecule has 1 rings (SSSR count). The molecule has 0 atom stereocenters. The van der Waals surface area contributed by atoms with E-state index in [1.165, 1.54) is 0 Å². The van der Waals surface area contributed by atoms with Gasteiger partial charge in [0.25, 0.3) is 6.43 Å². The lowest BCUT2D eigenvalue weighted by molar-refractivity contribution is 0.0215. The zero-order chi connectivity index (χ0) is 12.0. The molecule has 3 nitrogen and oxygen atoms in total. The number of benzene rings is 1. The molecule has 0 radical (unpaired) electrons. The van der Waals surface area contributed by atoms with Crippen LogP contribution in [0.4, 0.5) is 20.2 Å². The average molecular weight is 251 g/mol. The number of hydrogen-bond acceptors (Lipinski definition) is 3. The number of nitrogens with two attached hydrogens (primary N) is 1. The summed E-state index contributed by atoms with van der Waals surface area (Å²) in [6, 6.07) is 5.13. The first-order valence-electron chi connectivity index (χ1n) is 4.75. The predicted molar refractivity (Wildman–Crippen MR) is 61.2 cm³/mol. The van der Waals surface area contributed by atoms with Crippen LogP contribution in [0, 0.1) is 0 Å². The molecule has 0 saturated heterocycles. The number of hydrogen-bond donors (Lipinski definition) is 2. The number of para-hydroxylation sites is 1. The monoisotopic (exact) mass is 250 g/mol. The molecule has 0 aliphatic heterocycles. The van der Waals surface area contributed by atoms with Gasteiger partial charge in [0.1, 0.15) is 6.61 Å². The van der Waals surface area contributed by atoms with Crippen molar-refractivity contribution in [2.24, 2.45) is 0 Å². The Morgan fingerprint density at radius 2 is 2.19 bits per heavy atom. The molecule has 1 aromatic rings. The molecule has 0 spiro atoms. The van der Waals surface area contributed by atoms with Crippen molar-refractivity contribution in [1.82, 2.24) is 0 Å². The summed E-state index contributed by atoms with van der Waals surface area (Å²) in [5.41, 5.74) is 6.79. The Morgan fingerprint density at radius 3 is 2.81 bits per heavy atom.